The zero-order valence-corrected chi connectivity index (χ0v) is 28.4. The predicted molar refractivity (Wildman–Crippen MR) is 167 cm³/mol. The third kappa shape index (κ3) is 5.54. The highest BCUT2D eigenvalue weighted by atomic mass is 16.7. The minimum atomic E-state index is -1.70. The van der Waals surface area contributed by atoms with Gasteiger partial charge in [-0.1, -0.05) is 6.92 Å². The van der Waals surface area contributed by atoms with E-state index in [1.165, 1.54) is 6.08 Å². The molecule has 3 aliphatic heterocycles. The van der Waals surface area contributed by atoms with Crippen LogP contribution in [0.3, 0.4) is 0 Å². The molecule has 0 bridgehead atoms. The molecule has 7 rings (SSSR count). The molecule has 7 aliphatic rings. The average Bonchev–Trinajstić information content (AvgIpc) is 3.64. The lowest BCUT2D eigenvalue weighted by Crippen LogP contribution is -2.67. The van der Waals surface area contributed by atoms with Gasteiger partial charge >= 0.3 is 5.97 Å². The number of aliphatic hydroxyl groups is 8. The molecule has 3 heterocycles. The van der Waals surface area contributed by atoms with Gasteiger partial charge in [0.15, 0.2) is 12.6 Å². The topological polar surface area (TPSA) is 242 Å². The van der Waals surface area contributed by atoms with E-state index in [-0.39, 0.29) is 30.3 Å². The summed E-state index contributed by atoms with van der Waals surface area (Å²) in [5.74, 6) is -1.41. The highest BCUT2D eigenvalue weighted by Gasteiger charge is 2.71. The fraction of sp³-hybridized carbons (Fsp3) is 0.886. The van der Waals surface area contributed by atoms with E-state index in [9.17, 15) is 50.4 Å². The van der Waals surface area contributed by atoms with E-state index in [1.54, 1.807) is 6.92 Å². The number of hydrogen-bond acceptors (Lipinski definition) is 15. The van der Waals surface area contributed by atoms with Crippen LogP contribution < -0.4 is 0 Å². The maximum Gasteiger partial charge on any atom is 0.331 e. The van der Waals surface area contributed by atoms with Gasteiger partial charge in [0.2, 0.25) is 0 Å². The number of ether oxygens (including phenoxy) is 5. The molecule has 19 unspecified atom stereocenters. The standard InChI is InChI=1S/C35H52O15/c1-15-30(50-32-28(43)26(41)25(40)22(12-36)49-32)27(42)29(44)31(47-15)48-18-5-7-34(14-37)17(10-18)3-4-20-24(34)21(38)11-33(2)19(6-8-35(20,33)45)16-9-23(39)46-13-16/h9,14-15,17-22,24-32,36,38,40-45H,3-8,10-13H2,1-2H3. The average molecular weight is 713 g/mol. The minimum Gasteiger partial charge on any atom is -0.458 e. The molecule has 0 aromatic carbocycles. The molecule has 6 fully saturated rings. The molecule has 282 valence electrons. The van der Waals surface area contributed by atoms with Crippen LogP contribution in [0.1, 0.15) is 65.2 Å². The van der Waals surface area contributed by atoms with E-state index in [0.717, 1.165) is 11.9 Å². The molecule has 0 amide bonds. The first kappa shape index (κ1) is 36.7. The van der Waals surface area contributed by atoms with Gasteiger partial charge in [0, 0.05) is 22.8 Å². The zero-order valence-electron chi connectivity index (χ0n) is 28.4. The largest absolute Gasteiger partial charge is 0.458 e. The van der Waals surface area contributed by atoms with E-state index in [2.05, 4.69) is 0 Å². The first-order valence-corrected chi connectivity index (χ1v) is 18.1. The number of rotatable bonds is 7. The van der Waals surface area contributed by atoms with E-state index < -0.39 is 103 Å². The number of aliphatic hydroxyl groups excluding tert-OH is 7. The van der Waals surface area contributed by atoms with Gasteiger partial charge in [-0.25, -0.2) is 4.79 Å². The lowest BCUT2D eigenvalue weighted by Gasteiger charge is -2.64. The Labute approximate surface area is 290 Å². The number of carbonyl (C=O) groups excluding carboxylic acids is 2. The second kappa shape index (κ2) is 13.4. The summed E-state index contributed by atoms with van der Waals surface area (Å²) in [5.41, 5.74) is -1.83. The van der Waals surface area contributed by atoms with Crippen LogP contribution in [0.4, 0.5) is 0 Å². The van der Waals surface area contributed by atoms with E-state index in [1.807, 2.05) is 6.92 Å². The summed E-state index contributed by atoms with van der Waals surface area (Å²) in [6.07, 6.45) is -9.03. The summed E-state index contributed by atoms with van der Waals surface area (Å²) in [6, 6.07) is 0. The highest BCUT2D eigenvalue weighted by Crippen LogP contribution is 2.69. The van der Waals surface area contributed by atoms with Gasteiger partial charge < -0.3 is 69.3 Å². The van der Waals surface area contributed by atoms with E-state index in [4.69, 9.17) is 23.7 Å². The smallest absolute Gasteiger partial charge is 0.331 e. The van der Waals surface area contributed by atoms with Crippen LogP contribution in [0, 0.1) is 34.5 Å². The second-order valence-corrected chi connectivity index (χ2v) is 16.2. The number of carbonyl (C=O) groups is 2. The van der Waals surface area contributed by atoms with E-state index in [0.29, 0.717) is 51.4 Å². The maximum atomic E-state index is 13.2. The number of cyclic esters (lactones) is 1. The summed E-state index contributed by atoms with van der Waals surface area (Å²) in [6.45, 7) is 3.12. The number of aldehydes is 1. The van der Waals surface area contributed by atoms with Crippen molar-refractivity contribution in [2.75, 3.05) is 13.2 Å². The lowest BCUT2D eigenvalue weighted by molar-refractivity contribution is -0.360. The second-order valence-electron chi connectivity index (χ2n) is 16.2. The van der Waals surface area contributed by atoms with Gasteiger partial charge in [0.25, 0.3) is 0 Å². The van der Waals surface area contributed by atoms with Crippen molar-refractivity contribution in [3.63, 3.8) is 0 Å². The molecule has 8 N–H and O–H groups in total. The van der Waals surface area contributed by atoms with Gasteiger partial charge in [-0.05, 0) is 81.6 Å². The van der Waals surface area contributed by atoms with Crippen molar-refractivity contribution < 1.29 is 74.1 Å². The molecule has 0 spiro atoms. The van der Waals surface area contributed by atoms with Crippen LogP contribution in [0.2, 0.25) is 0 Å². The lowest BCUT2D eigenvalue weighted by atomic mass is 9.42. The third-order valence-electron chi connectivity index (χ3n) is 13.9. The molecule has 4 saturated carbocycles. The summed E-state index contributed by atoms with van der Waals surface area (Å²) in [5, 5.41) is 86.5. The van der Waals surface area contributed by atoms with Crippen molar-refractivity contribution in [2.45, 2.75) is 144 Å². The van der Waals surface area contributed by atoms with Gasteiger partial charge in [0.1, 0.15) is 55.6 Å². The normalized spacial score (nSPS) is 55.0. The van der Waals surface area contributed by atoms with Crippen molar-refractivity contribution in [3.05, 3.63) is 11.6 Å². The molecular weight excluding hydrogens is 660 g/mol. The van der Waals surface area contributed by atoms with Gasteiger partial charge in [-0.15, -0.1) is 0 Å². The van der Waals surface area contributed by atoms with Crippen molar-refractivity contribution in [2.24, 2.45) is 34.5 Å². The Morgan fingerprint density at radius 3 is 2.32 bits per heavy atom. The SMILES string of the molecule is CC1OC(OC2CCC3(C=O)C(CCC4C3C(O)CC3(C)C(C5=CC(=O)OC5)CCC43O)C2)C(O)C(O)C1OC1OC(CO)C(O)C(O)C1O. The van der Waals surface area contributed by atoms with Crippen LogP contribution in [-0.2, 0) is 33.3 Å². The van der Waals surface area contributed by atoms with Gasteiger partial charge in [-0.3, -0.25) is 0 Å². The Hall–Kier alpha value is -1.60. The van der Waals surface area contributed by atoms with Crippen LogP contribution in [0.15, 0.2) is 11.6 Å². The molecule has 0 radical (unpaired) electrons. The Kier molecular flexibility index (Phi) is 9.82. The van der Waals surface area contributed by atoms with Crippen molar-refractivity contribution >= 4 is 12.3 Å². The summed E-state index contributed by atoms with van der Waals surface area (Å²) in [7, 11) is 0. The van der Waals surface area contributed by atoms with Gasteiger partial charge in [0.05, 0.1) is 30.5 Å². The molecule has 2 saturated heterocycles. The number of esters is 1. The van der Waals surface area contributed by atoms with Crippen LogP contribution >= 0.6 is 0 Å². The molecule has 0 aromatic heterocycles. The minimum absolute atomic E-state index is 0.106. The Bertz CT molecular complexity index is 1330. The highest BCUT2D eigenvalue weighted by molar-refractivity contribution is 5.85. The molecule has 15 nitrogen and oxygen atoms in total. The third-order valence-corrected chi connectivity index (χ3v) is 13.9. The molecule has 50 heavy (non-hydrogen) atoms. The fourth-order valence-electron chi connectivity index (χ4n) is 11.3. The molecule has 15 heteroatoms. The van der Waals surface area contributed by atoms with Crippen LogP contribution in [-0.4, -0.2) is 146 Å². The first-order valence-electron chi connectivity index (χ1n) is 18.1. The monoisotopic (exact) mass is 712 g/mol. The molecule has 4 aliphatic carbocycles. The first-order chi connectivity index (χ1) is 23.7. The summed E-state index contributed by atoms with van der Waals surface area (Å²) < 4.78 is 28.5. The molecule has 19 atom stereocenters. The Morgan fingerprint density at radius 2 is 1.64 bits per heavy atom. The zero-order chi connectivity index (χ0) is 35.9. The molecular formula is C35H52O15. The van der Waals surface area contributed by atoms with Crippen molar-refractivity contribution in [3.8, 4) is 0 Å². The number of hydrogen-bond donors (Lipinski definition) is 8. The van der Waals surface area contributed by atoms with Crippen LogP contribution in [0.25, 0.3) is 0 Å². The van der Waals surface area contributed by atoms with Gasteiger partial charge in [-0.2, -0.15) is 0 Å². The van der Waals surface area contributed by atoms with Crippen molar-refractivity contribution in [1.29, 1.82) is 0 Å². The number of fused-ring (bicyclic) bond motifs is 5. The molecule has 0 aromatic rings. The Morgan fingerprint density at radius 1 is 0.920 bits per heavy atom. The predicted octanol–water partition coefficient (Wildman–Crippen LogP) is -1.57. The van der Waals surface area contributed by atoms with Crippen molar-refractivity contribution in [1.82, 2.24) is 0 Å². The fourth-order valence-corrected chi connectivity index (χ4v) is 11.3. The quantitative estimate of drug-likeness (QED) is 0.0845. The van der Waals surface area contributed by atoms with E-state index >= 15 is 0 Å². The Balaban J connectivity index is 1.02. The van der Waals surface area contributed by atoms with Crippen LogP contribution in [0.5, 0.6) is 0 Å². The summed E-state index contributed by atoms with van der Waals surface area (Å²) >= 11 is 0. The summed E-state index contributed by atoms with van der Waals surface area (Å²) in [4.78, 5) is 25.0. The maximum absolute atomic E-state index is 13.2.